The predicted octanol–water partition coefficient (Wildman–Crippen LogP) is 2.32. The van der Waals surface area contributed by atoms with Crippen LogP contribution in [-0.4, -0.2) is 18.3 Å². The first kappa shape index (κ1) is 10.1. The molecule has 2 N–H and O–H groups in total. The number of nitrogens with two attached hydrogens (primary N) is 1. The van der Waals surface area contributed by atoms with Crippen LogP contribution in [0.4, 0.5) is 0 Å². The van der Waals surface area contributed by atoms with E-state index in [4.69, 9.17) is 15.0 Å². The first-order chi connectivity index (χ1) is 8.38. The van der Waals surface area contributed by atoms with Gasteiger partial charge in [0.25, 0.3) is 5.88 Å². The molecule has 4 nitrogen and oxygen atoms in total. The van der Waals surface area contributed by atoms with Crippen LogP contribution >= 0.6 is 0 Å². The third-order valence-electron chi connectivity index (χ3n) is 2.66. The highest BCUT2D eigenvalue weighted by molar-refractivity contribution is 5.97. The van der Waals surface area contributed by atoms with E-state index in [2.05, 4.69) is 11.2 Å². The van der Waals surface area contributed by atoms with Crippen LogP contribution in [0.25, 0.3) is 21.7 Å². The molecule has 0 spiro atoms. The second-order valence-corrected chi connectivity index (χ2v) is 3.82. The molecule has 0 atom stereocenters. The molecule has 17 heavy (non-hydrogen) atoms. The summed E-state index contributed by atoms with van der Waals surface area (Å²) in [6.45, 7) is 0.899. The van der Waals surface area contributed by atoms with Crippen molar-refractivity contribution in [2.75, 3.05) is 13.2 Å². The van der Waals surface area contributed by atoms with E-state index in [0.29, 0.717) is 19.0 Å². The molecule has 0 amide bonds. The van der Waals surface area contributed by atoms with E-state index in [-0.39, 0.29) is 0 Å². The first-order valence-electron chi connectivity index (χ1n) is 5.49. The molecule has 0 aliphatic heterocycles. The molecule has 1 aromatic heterocycles. The Hall–Kier alpha value is -2.07. The fourth-order valence-corrected chi connectivity index (χ4v) is 1.86. The van der Waals surface area contributed by atoms with Gasteiger partial charge >= 0.3 is 0 Å². The van der Waals surface area contributed by atoms with Crippen molar-refractivity contribution >= 4 is 21.7 Å². The van der Waals surface area contributed by atoms with Crippen LogP contribution in [0.5, 0.6) is 5.88 Å². The SMILES string of the molecule is NCCOc1noc2cc3ccccc3cc12. The van der Waals surface area contributed by atoms with E-state index in [1.54, 1.807) is 0 Å². The maximum Gasteiger partial charge on any atom is 0.262 e. The molecular weight excluding hydrogens is 216 g/mol. The summed E-state index contributed by atoms with van der Waals surface area (Å²) in [7, 11) is 0. The molecule has 0 bridgehead atoms. The molecule has 0 aliphatic carbocycles. The lowest BCUT2D eigenvalue weighted by Crippen LogP contribution is -2.10. The van der Waals surface area contributed by atoms with Crippen LogP contribution in [0.1, 0.15) is 0 Å². The van der Waals surface area contributed by atoms with Crippen molar-refractivity contribution in [2.24, 2.45) is 5.73 Å². The van der Waals surface area contributed by atoms with Crippen molar-refractivity contribution in [3.8, 4) is 5.88 Å². The van der Waals surface area contributed by atoms with Crippen LogP contribution in [0.2, 0.25) is 0 Å². The van der Waals surface area contributed by atoms with Gasteiger partial charge in [-0.1, -0.05) is 24.3 Å². The summed E-state index contributed by atoms with van der Waals surface area (Å²) in [5, 5.41) is 7.06. The van der Waals surface area contributed by atoms with Gasteiger partial charge in [-0.2, -0.15) is 0 Å². The molecule has 1 heterocycles. The lowest BCUT2D eigenvalue weighted by atomic mass is 10.1. The van der Waals surface area contributed by atoms with Crippen LogP contribution in [0.15, 0.2) is 40.9 Å². The van der Waals surface area contributed by atoms with Gasteiger partial charge in [0.1, 0.15) is 6.61 Å². The van der Waals surface area contributed by atoms with Crippen LogP contribution in [0, 0.1) is 0 Å². The molecule has 0 saturated carbocycles. The van der Waals surface area contributed by atoms with Crippen molar-refractivity contribution in [1.29, 1.82) is 0 Å². The molecule has 3 rings (SSSR count). The molecule has 0 fully saturated rings. The van der Waals surface area contributed by atoms with E-state index in [9.17, 15) is 0 Å². The Morgan fingerprint density at radius 3 is 2.71 bits per heavy atom. The van der Waals surface area contributed by atoms with E-state index in [1.165, 1.54) is 0 Å². The lowest BCUT2D eigenvalue weighted by Gasteiger charge is -2.00. The molecule has 0 radical (unpaired) electrons. The summed E-state index contributed by atoms with van der Waals surface area (Å²) in [4.78, 5) is 0. The predicted molar refractivity (Wildman–Crippen MR) is 66.1 cm³/mol. The van der Waals surface area contributed by atoms with Gasteiger partial charge in [0.2, 0.25) is 0 Å². The van der Waals surface area contributed by atoms with Gasteiger partial charge in [-0.05, 0) is 28.1 Å². The third-order valence-corrected chi connectivity index (χ3v) is 2.66. The maximum absolute atomic E-state index is 5.43. The smallest absolute Gasteiger partial charge is 0.262 e. The monoisotopic (exact) mass is 228 g/mol. The molecule has 4 heteroatoms. The highest BCUT2D eigenvalue weighted by Gasteiger charge is 2.10. The number of hydrogen-bond donors (Lipinski definition) is 1. The van der Waals surface area contributed by atoms with E-state index < -0.39 is 0 Å². The molecule has 0 saturated heterocycles. The van der Waals surface area contributed by atoms with E-state index >= 15 is 0 Å². The molecule has 3 aromatic rings. The Morgan fingerprint density at radius 1 is 1.18 bits per heavy atom. The Kier molecular flexibility index (Phi) is 2.42. The van der Waals surface area contributed by atoms with Gasteiger partial charge in [0.05, 0.1) is 5.39 Å². The average Bonchev–Trinajstić information content (AvgIpc) is 2.76. The number of ether oxygens (including phenoxy) is 1. The molecule has 0 aliphatic rings. The second kappa shape index (κ2) is 4.07. The van der Waals surface area contributed by atoms with Crippen LogP contribution < -0.4 is 10.5 Å². The normalized spacial score (nSPS) is 11.1. The first-order valence-corrected chi connectivity index (χ1v) is 5.49. The molecule has 86 valence electrons. The number of rotatable bonds is 3. The topological polar surface area (TPSA) is 61.3 Å². The largest absolute Gasteiger partial charge is 0.474 e. The van der Waals surface area contributed by atoms with Crippen molar-refractivity contribution in [1.82, 2.24) is 5.16 Å². The van der Waals surface area contributed by atoms with Crippen molar-refractivity contribution in [3.05, 3.63) is 36.4 Å². The fraction of sp³-hybridized carbons (Fsp3) is 0.154. The minimum atomic E-state index is 0.439. The number of benzene rings is 2. The van der Waals surface area contributed by atoms with Gasteiger partial charge < -0.3 is 15.0 Å². The molecule has 2 aromatic carbocycles. The summed E-state index contributed by atoms with van der Waals surface area (Å²) >= 11 is 0. The Labute approximate surface area is 97.9 Å². The summed E-state index contributed by atoms with van der Waals surface area (Å²) < 4.78 is 10.7. The third kappa shape index (κ3) is 1.72. The van der Waals surface area contributed by atoms with Crippen molar-refractivity contribution < 1.29 is 9.26 Å². The van der Waals surface area contributed by atoms with Gasteiger partial charge in [-0.25, -0.2) is 0 Å². The zero-order chi connectivity index (χ0) is 11.7. The summed E-state index contributed by atoms with van der Waals surface area (Å²) in [6.07, 6.45) is 0. The van der Waals surface area contributed by atoms with E-state index in [1.807, 2.05) is 30.3 Å². The molecule has 0 unspecified atom stereocenters. The number of aromatic nitrogens is 1. The zero-order valence-corrected chi connectivity index (χ0v) is 9.22. The van der Waals surface area contributed by atoms with Crippen LogP contribution in [-0.2, 0) is 0 Å². The minimum absolute atomic E-state index is 0.439. The second-order valence-electron chi connectivity index (χ2n) is 3.82. The minimum Gasteiger partial charge on any atom is -0.474 e. The standard InChI is InChI=1S/C13H12N2O2/c14-5-6-16-13-11-7-9-3-1-2-4-10(9)8-12(11)17-15-13/h1-4,7-8H,5-6,14H2. The highest BCUT2D eigenvalue weighted by Crippen LogP contribution is 2.29. The van der Waals surface area contributed by atoms with Gasteiger partial charge in [-0.15, -0.1) is 0 Å². The quantitative estimate of drug-likeness (QED) is 0.747. The Balaban J connectivity index is 2.17. The Bertz CT molecular complexity index is 661. The van der Waals surface area contributed by atoms with Crippen molar-refractivity contribution in [2.45, 2.75) is 0 Å². The van der Waals surface area contributed by atoms with Crippen LogP contribution in [0.3, 0.4) is 0 Å². The van der Waals surface area contributed by atoms with Gasteiger partial charge in [-0.3, -0.25) is 0 Å². The summed E-state index contributed by atoms with van der Waals surface area (Å²) in [5.74, 6) is 0.510. The average molecular weight is 228 g/mol. The highest BCUT2D eigenvalue weighted by atomic mass is 16.5. The number of nitrogens with zero attached hydrogens (tertiary/aromatic N) is 1. The lowest BCUT2D eigenvalue weighted by molar-refractivity contribution is 0.293. The van der Waals surface area contributed by atoms with Gasteiger partial charge in [0.15, 0.2) is 5.58 Å². The van der Waals surface area contributed by atoms with Gasteiger partial charge in [0, 0.05) is 6.54 Å². The van der Waals surface area contributed by atoms with Crippen molar-refractivity contribution in [3.63, 3.8) is 0 Å². The molecular formula is C13H12N2O2. The maximum atomic E-state index is 5.43. The van der Waals surface area contributed by atoms with E-state index in [0.717, 1.165) is 21.7 Å². The number of hydrogen-bond acceptors (Lipinski definition) is 4. The summed E-state index contributed by atoms with van der Waals surface area (Å²) in [5.41, 5.74) is 6.13. The fourth-order valence-electron chi connectivity index (χ4n) is 1.86. The summed E-state index contributed by atoms with van der Waals surface area (Å²) in [6, 6.07) is 12.1. The zero-order valence-electron chi connectivity index (χ0n) is 9.22. The number of fused-ring (bicyclic) bond motifs is 2. The Morgan fingerprint density at radius 2 is 1.94 bits per heavy atom.